The first-order chi connectivity index (χ1) is 12.2. The molecular weight excluding hydrogens is 409 g/mol. The number of amides is 1. The molecule has 1 aliphatic heterocycles. The fraction of sp³-hybridized carbons (Fsp3) is 0.312. The van der Waals surface area contributed by atoms with E-state index in [9.17, 15) is 4.79 Å². The number of halogens is 2. The van der Waals surface area contributed by atoms with E-state index in [0.29, 0.717) is 28.8 Å². The fourth-order valence-corrected chi connectivity index (χ4v) is 3.72. The van der Waals surface area contributed by atoms with Gasteiger partial charge in [0.15, 0.2) is 10.8 Å². The standard InChI is InChI=1S/C16H17N7OS.2ClH/c1-22-7-6-20-14(22)11-9-17-5-8-23(11)16(24)12-10-21-15(25-12)13-18-3-2-4-19-13;;/h2-4,6-7,10-11,17H,5,8-9H2,1H3;2*1H. The van der Waals surface area contributed by atoms with Crippen molar-refractivity contribution in [3.63, 3.8) is 0 Å². The molecule has 11 heteroatoms. The lowest BCUT2D eigenvalue weighted by atomic mass is 10.1. The highest BCUT2D eigenvalue weighted by molar-refractivity contribution is 7.16. The van der Waals surface area contributed by atoms with Crippen molar-refractivity contribution in [3.8, 4) is 10.8 Å². The molecule has 1 amide bonds. The molecule has 0 bridgehead atoms. The Bertz CT molecular complexity index is 886. The largest absolute Gasteiger partial charge is 0.336 e. The van der Waals surface area contributed by atoms with Crippen molar-refractivity contribution in [1.82, 2.24) is 34.7 Å². The number of imidazole rings is 1. The second kappa shape index (κ2) is 9.23. The first kappa shape index (κ1) is 21.2. The number of thiazole rings is 1. The third kappa shape index (κ3) is 4.27. The third-order valence-electron chi connectivity index (χ3n) is 4.13. The highest BCUT2D eigenvalue weighted by Crippen LogP contribution is 2.27. The first-order valence-electron chi connectivity index (χ1n) is 7.96. The van der Waals surface area contributed by atoms with Crippen LogP contribution in [0.3, 0.4) is 0 Å². The molecule has 3 aromatic heterocycles. The summed E-state index contributed by atoms with van der Waals surface area (Å²) in [6.45, 7) is 2.08. The zero-order chi connectivity index (χ0) is 17.2. The van der Waals surface area contributed by atoms with Crippen LogP contribution < -0.4 is 5.32 Å². The van der Waals surface area contributed by atoms with Crippen LogP contribution in [0.15, 0.2) is 37.1 Å². The molecule has 0 aromatic carbocycles. The normalized spacial score (nSPS) is 16.3. The Balaban J connectivity index is 0.00000131. The minimum atomic E-state index is -0.0974. The third-order valence-corrected chi connectivity index (χ3v) is 5.12. The lowest BCUT2D eigenvalue weighted by Gasteiger charge is -2.35. The Kier molecular flexibility index (Phi) is 7.25. The van der Waals surface area contributed by atoms with E-state index in [2.05, 4.69) is 25.3 Å². The molecule has 1 saturated heterocycles. The predicted octanol–water partition coefficient (Wildman–Crippen LogP) is 1.96. The van der Waals surface area contributed by atoms with E-state index in [1.165, 1.54) is 11.3 Å². The maximum atomic E-state index is 13.1. The highest BCUT2D eigenvalue weighted by Gasteiger charge is 2.32. The molecule has 1 N–H and O–H groups in total. The number of rotatable bonds is 3. The molecule has 1 aliphatic rings. The molecule has 8 nitrogen and oxygen atoms in total. The van der Waals surface area contributed by atoms with Crippen molar-refractivity contribution < 1.29 is 4.79 Å². The maximum Gasteiger partial charge on any atom is 0.266 e. The molecule has 0 saturated carbocycles. The van der Waals surface area contributed by atoms with E-state index in [4.69, 9.17) is 0 Å². The van der Waals surface area contributed by atoms with Crippen molar-refractivity contribution in [1.29, 1.82) is 0 Å². The van der Waals surface area contributed by atoms with Crippen LogP contribution in [0.1, 0.15) is 21.5 Å². The lowest BCUT2D eigenvalue weighted by molar-refractivity contribution is 0.0625. The summed E-state index contributed by atoms with van der Waals surface area (Å²) in [6, 6.07) is 1.65. The van der Waals surface area contributed by atoms with Gasteiger partial charge in [0.2, 0.25) is 0 Å². The van der Waals surface area contributed by atoms with Crippen LogP contribution in [-0.4, -0.2) is 54.9 Å². The van der Waals surface area contributed by atoms with E-state index in [1.807, 2.05) is 22.7 Å². The average Bonchev–Trinajstić information content (AvgIpc) is 3.31. The minimum Gasteiger partial charge on any atom is -0.336 e. The van der Waals surface area contributed by atoms with E-state index in [0.717, 1.165) is 12.4 Å². The fourth-order valence-electron chi connectivity index (χ4n) is 2.90. The Morgan fingerprint density at radius 2 is 1.96 bits per heavy atom. The molecule has 0 aliphatic carbocycles. The van der Waals surface area contributed by atoms with Crippen LogP contribution in [0.25, 0.3) is 10.8 Å². The molecule has 1 atom stereocenters. The van der Waals surface area contributed by atoms with E-state index in [-0.39, 0.29) is 36.8 Å². The van der Waals surface area contributed by atoms with Crippen molar-refractivity contribution in [3.05, 3.63) is 47.8 Å². The summed E-state index contributed by atoms with van der Waals surface area (Å²) in [5.74, 6) is 1.37. The minimum absolute atomic E-state index is 0. The summed E-state index contributed by atoms with van der Waals surface area (Å²) in [5.41, 5.74) is 0. The molecule has 3 aromatic rings. The molecule has 4 rings (SSSR count). The molecule has 1 unspecified atom stereocenters. The van der Waals surface area contributed by atoms with Gasteiger partial charge in [-0.15, -0.1) is 36.2 Å². The molecular formula is C16H19Cl2N7OS. The van der Waals surface area contributed by atoms with Crippen molar-refractivity contribution in [2.75, 3.05) is 19.6 Å². The van der Waals surface area contributed by atoms with Crippen LogP contribution in [0.2, 0.25) is 0 Å². The second-order valence-electron chi connectivity index (χ2n) is 5.72. The highest BCUT2D eigenvalue weighted by atomic mass is 35.5. The summed E-state index contributed by atoms with van der Waals surface area (Å²) >= 11 is 1.32. The van der Waals surface area contributed by atoms with Gasteiger partial charge in [-0.05, 0) is 6.07 Å². The maximum absolute atomic E-state index is 13.1. The van der Waals surface area contributed by atoms with Crippen LogP contribution in [0, 0.1) is 0 Å². The number of hydrogen-bond acceptors (Lipinski definition) is 7. The Hall–Kier alpha value is -2.07. The van der Waals surface area contributed by atoms with Gasteiger partial charge in [-0.1, -0.05) is 0 Å². The number of carbonyl (C=O) groups is 1. The van der Waals surface area contributed by atoms with E-state index in [1.54, 1.807) is 30.9 Å². The number of aromatic nitrogens is 5. The summed E-state index contributed by atoms with van der Waals surface area (Å²) in [5, 5.41) is 3.98. The van der Waals surface area contributed by atoms with E-state index < -0.39 is 0 Å². The summed E-state index contributed by atoms with van der Waals surface area (Å²) in [6.07, 6.45) is 8.59. The van der Waals surface area contributed by atoms with Gasteiger partial charge in [-0.25, -0.2) is 19.9 Å². The second-order valence-corrected chi connectivity index (χ2v) is 6.75. The molecule has 27 heavy (non-hydrogen) atoms. The van der Waals surface area contributed by atoms with Crippen LogP contribution >= 0.6 is 36.2 Å². The van der Waals surface area contributed by atoms with Gasteiger partial charge in [-0.3, -0.25) is 4.79 Å². The topological polar surface area (TPSA) is 88.8 Å². The monoisotopic (exact) mass is 427 g/mol. The van der Waals surface area contributed by atoms with Crippen LogP contribution in [0.5, 0.6) is 0 Å². The van der Waals surface area contributed by atoms with Crippen molar-refractivity contribution >= 4 is 42.1 Å². The zero-order valence-electron chi connectivity index (χ0n) is 14.5. The molecule has 0 radical (unpaired) electrons. The summed E-state index contributed by atoms with van der Waals surface area (Å²) < 4.78 is 1.95. The average molecular weight is 428 g/mol. The predicted molar refractivity (Wildman–Crippen MR) is 107 cm³/mol. The summed E-state index contributed by atoms with van der Waals surface area (Å²) in [7, 11) is 1.94. The Morgan fingerprint density at radius 3 is 2.67 bits per heavy atom. The molecule has 144 valence electrons. The molecule has 0 spiro atoms. The van der Waals surface area contributed by atoms with Crippen molar-refractivity contribution in [2.24, 2.45) is 7.05 Å². The van der Waals surface area contributed by atoms with E-state index >= 15 is 0 Å². The van der Waals surface area contributed by atoms with Gasteiger partial charge in [0.25, 0.3) is 5.91 Å². The number of aryl methyl sites for hydroxylation is 1. The lowest BCUT2D eigenvalue weighted by Crippen LogP contribution is -2.49. The quantitative estimate of drug-likeness (QED) is 0.686. The smallest absolute Gasteiger partial charge is 0.266 e. The van der Waals surface area contributed by atoms with Crippen molar-refractivity contribution in [2.45, 2.75) is 6.04 Å². The number of nitrogens with zero attached hydrogens (tertiary/aromatic N) is 6. The van der Waals surface area contributed by atoms with Gasteiger partial charge >= 0.3 is 0 Å². The van der Waals surface area contributed by atoms with Crippen LogP contribution in [0.4, 0.5) is 0 Å². The number of hydrogen-bond donors (Lipinski definition) is 1. The Labute approximate surface area is 172 Å². The van der Waals surface area contributed by atoms with Gasteiger partial charge in [0.1, 0.15) is 16.7 Å². The SMILES string of the molecule is Cl.Cl.Cn1ccnc1C1CNCCN1C(=O)c1cnc(-c2ncccn2)s1. The summed E-state index contributed by atoms with van der Waals surface area (Å²) in [4.78, 5) is 32.6. The first-order valence-corrected chi connectivity index (χ1v) is 8.78. The number of carbonyl (C=O) groups excluding carboxylic acids is 1. The molecule has 1 fully saturated rings. The molecule has 4 heterocycles. The van der Waals surface area contributed by atoms with Gasteiger partial charge < -0.3 is 14.8 Å². The van der Waals surface area contributed by atoms with Gasteiger partial charge in [0.05, 0.1) is 6.20 Å². The van der Waals surface area contributed by atoms with Gasteiger partial charge in [-0.2, -0.15) is 0 Å². The number of piperazine rings is 1. The number of nitrogens with one attached hydrogen (secondary N) is 1. The van der Waals surface area contributed by atoms with Crippen LogP contribution in [-0.2, 0) is 7.05 Å². The zero-order valence-corrected chi connectivity index (χ0v) is 16.9. The van der Waals surface area contributed by atoms with Gasteiger partial charge in [0, 0.05) is 51.5 Å². The Morgan fingerprint density at radius 1 is 1.19 bits per heavy atom.